The first-order valence-corrected chi connectivity index (χ1v) is 6.56. The molecule has 4 heteroatoms. The van der Waals surface area contributed by atoms with Gasteiger partial charge in [-0.15, -0.1) is 0 Å². The van der Waals surface area contributed by atoms with Gasteiger partial charge >= 0.3 is 0 Å². The van der Waals surface area contributed by atoms with E-state index in [2.05, 4.69) is 15.9 Å². The molecule has 1 heterocycles. The molecule has 2 nitrogen and oxygen atoms in total. The first-order valence-electron chi connectivity index (χ1n) is 5.39. The zero-order chi connectivity index (χ0) is 11.3. The summed E-state index contributed by atoms with van der Waals surface area (Å²) >= 11 is 9.29. The van der Waals surface area contributed by atoms with Crippen LogP contribution >= 0.6 is 27.5 Å². The Hall–Kier alpha value is -0.540. The number of benzene rings is 1. The molecular weight excluding hydrogens is 289 g/mol. The van der Waals surface area contributed by atoms with Crippen LogP contribution in [0.15, 0.2) is 22.7 Å². The second-order valence-corrected chi connectivity index (χ2v) is 5.98. The van der Waals surface area contributed by atoms with Crippen LogP contribution in [0.1, 0.15) is 16.8 Å². The first-order chi connectivity index (χ1) is 7.63. The van der Waals surface area contributed by atoms with Crippen molar-refractivity contribution in [1.29, 1.82) is 0 Å². The van der Waals surface area contributed by atoms with Crippen molar-refractivity contribution in [1.82, 2.24) is 4.90 Å². The molecule has 1 aliphatic heterocycles. The Balaban J connectivity index is 1.83. The van der Waals surface area contributed by atoms with E-state index in [1.54, 1.807) is 12.1 Å². The molecule has 3 rings (SSSR count). The van der Waals surface area contributed by atoms with Crippen LogP contribution in [-0.2, 0) is 0 Å². The maximum atomic E-state index is 12.2. The highest BCUT2D eigenvalue weighted by atomic mass is 79.9. The first kappa shape index (κ1) is 10.6. The Kier molecular flexibility index (Phi) is 2.48. The van der Waals surface area contributed by atoms with E-state index in [1.807, 2.05) is 11.0 Å². The Bertz CT molecular complexity index is 432. The van der Waals surface area contributed by atoms with E-state index in [1.165, 1.54) is 6.42 Å². The maximum absolute atomic E-state index is 12.2. The Morgan fingerprint density at radius 3 is 2.62 bits per heavy atom. The highest BCUT2D eigenvalue weighted by Gasteiger charge is 2.46. The molecule has 0 bridgehead atoms. The van der Waals surface area contributed by atoms with Crippen molar-refractivity contribution in [2.75, 3.05) is 13.1 Å². The van der Waals surface area contributed by atoms with Gasteiger partial charge in [-0.05, 0) is 36.5 Å². The number of hydrogen-bond donors (Lipinski definition) is 0. The number of fused-ring (bicyclic) bond motifs is 1. The summed E-state index contributed by atoms with van der Waals surface area (Å²) in [7, 11) is 0. The third-order valence-electron chi connectivity index (χ3n) is 3.38. The summed E-state index contributed by atoms with van der Waals surface area (Å²) < 4.78 is 0.854. The van der Waals surface area contributed by atoms with Crippen molar-refractivity contribution in [3.05, 3.63) is 33.3 Å². The lowest BCUT2D eigenvalue weighted by atomic mass is 10.2. The van der Waals surface area contributed by atoms with Crippen molar-refractivity contribution < 1.29 is 4.79 Å². The van der Waals surface area contributed by atoms with Crippen LogP contribution in [-0.4, -0.2) is 23.9 Å². The number of amides is 1. The molecule has 1 aromatic carbocycles. The molecular formula is C12H11BrClNO. The molecule has 1 aromatic rings. The molecule has 2 aliphatic rings. The van der Waals surface area contributed by atoms with E-state index in [4.69, 9.17) is 11.6 Å². The number of likely N-dealkylation sites (tertiary alicyclic amines) is 1. The molecule has 0 radical (unpaired) electrons. The topological polar surface area (TPSA) is 20.3 Å². The van der Waals surface area contributed by atoms with Crippen LogP contribution in [0.5, 0.6) is 0 Å². The molecule has 1 aliphatic carbocycles. The predicted molar refractivity (Wildman–Crippen MR) is 66.7 cm³/mol. The van der Waals surface area contributed by atoms with Gasteiger partial charge in [-0.25, -0.2) is 0 Å². The van der Waals surface area contributed by atoms with Crippen LogP contribution in [0, 0.1) is 11.8 Å². The summed E-state index contributed by atoms with van der Waals surface area (Å²) in [6.45, 7) is 1.85. The standard InChI is InChI=1S/C12H11BrClNO/c13-10-2-7(3-11(14)4-10)12(16)15-5-8-1-9(8)6-15/h2-4,8-9H,1,5-6H2. The van der Waals surface area contributed by atoms with E-state index in [0.717, 1.165) is 29.4 Å². The smallest absolute Gasteiger partial charge is 0.253 e. The zero-order valence-corrected chi connectivity index (χ0v) is 11.0. The molecule has 84 valence electrons. The highest BCUT2D eigenvalue weighted by Crippen LogP contribution is 2.45. The number of rotatable bonds is 1. The van der Waals surface area contributed by atoms with Crippen molar-refractivity contribution >= 4 is 33.4 Å². The normalized spacial score (nSPS) is 26.8. The predicted octanol–water partition coefficient (Wildman–Crippen LogP) is 3.19. The summed E-state index contributed by atoms with van der Waals surface area (Å²) in [5.41, 5.74) is 0.681. The number of hydrogen-bond acceptors (Lipinski definition) is 1. The van der Waals surface area contributed by atoms with Crippen molar-refractivity contribution in [2.45, 2.75) is 6.42 Å². The quantitative estimate of drug-likeness (QED) is 0.780. The number of nitrogens with zero attached hydrogens (tertiary/aromatic N) is 1. The Morgan fingerprint density at radius 1 is 1.31 bits per heavy atom. The van der Waals surface area contributed by atoms with E-state index in [-0.39, 0.29) is 5.91 Å². The second-order valence-electron chi connectivity index (χ2n) is 4.62. The fourth-order valence-corrected chi connectivity index (χ4v) is 3.28. The minimum atomic E-state index is 0.107. The Labute approximate surface area is 108 Å². The van der Waals surface area contributed by atoms with Gasteiger partial charge in [0.1, 0.15) is 0 Å². The monoisotopic (exact) mass is 299 g/mol. The van der Waals surface area contributed by atoms with Crippen molar-refractivity contribution in [3.63, 3.8) is 0 Å². The van der Waals surface area contributed by atoms with E-state index < -0.39 is 0 Å². The van der Waals surface area contributed by atoms with Crippen molar-refractivity contribution in [3.8, 4) is 0 Å². The van der Waals surface area contributed by atoms with Gasteiger partial charge in [0.2, 0.25) is 0 Å². The SMILES string of the molecule is O=C(c1cc(Cl)cc(Br)c1)N1CC2CC2C1. The molecule has 2 fully saturated rings. The number of carbonyl (C=O) groups is 1. The molecule has 0 spiro atoms. The molecule has 1 amide bonds. The number of piperidine rings is 1. The van der Waals surface area contributed by atoms with Gasteiger partial charge < -0.3 is 4.90 Å². The molecule has 0 N–H and O–H groups in total. The van der Waals surface area contributed by atoms with Crippen LogP contribution in [0.25, 0.3) is 0 Å². The lowest BCUT2D eigenvalue weighted by molar-refractivity contribution is 0.0775. The van der Waals surface area contributed by atoms with Crippen LogP contribution in [0.2, 0.25) is 5.02 Å². The van der Waals surface area contributed by atoms with Crippen LogP contribution < -0.4 is 0 Å². The zero-order valence-electron chi connectivity index (χ0n) is 8.62. The third kappa shape index (κ3) is 1.87. The number of carbonyl (C=O) groups excluding carboxylic acids is 1. The second kappa shape index (κ2) is 3.74. The van der Waals surface area contributed by atoms with Gasteiger partial charge in [-0.3, -0.25) is 4.79 Å². The molecule has 1 saturated heterocycles. The molecule has 16 heavy (non-hydrogen) atoms. The highest BCUT2D eigenvalue weighted by molar-refractivity contribution is 9.10. The Morgan fingerprint density at radius 2 is 2.00 bits per heavy atom. The summed E-state index contributed by atoms with van der Waals surface area (Å²) in [6, 6.07) is 5.36. The minimum Gasteiger partial charge on any atom is -0.338 e. The van der Waals surface area contributed by atoms with Crippen LogP contribution in [0.3, 0.4) is 0 Å². The van der Waals surface area contributed by atoms with E-state index in [0.29, 0.717) is 10.6 Å². The van der Waals surface area contributed by atoms with Gasteiger partial charge in [-0.1, -0.05) is 27.5 Å². The van der Waals surface area contributed by atoms with Gasteiger partial charge in [0.15, 0.2) is 0 Å². The fourth-order valence-electron chi connectivity index (χ4n) is 2.42. The number of halogens is 2. The lowest BCUT2D eigenvalue weighted by Gasteiger charge is -2.18. The van der Waals surface area contributed by atoms with Gasteiger partial charge in [0.25, 0.3) is 5.91 Å². The van der Waals surface area contributed by atoms with Gasteiger partial charge in [0, 0.05) is 28.1 Å². The molecule has 2 unspecified atom stereocenters. The average Bonchev–Trinajstić information content (AvgIpc) is 2.83. The maximum Gasteiger partial charge on any atom is 0.253 e. The van der Waals surface area contributed by atoms with Crippen molar-refractivity contribution in [2.24, 2.45) is 11.8 Å². The molecule has 1 saturated carbocycles. The summed E-state index contributed by atoms with van der Waals surface area (Å²) in [5.74, 6) is 1.65. The van der Waals surface area contributed by atoms with E-state index in [9.17, 15) is 4.79 Å². The molecule has 2 atom stereocenters. The average molecular weight is 301 g/mol. The summed E-state index contributed by atoms with van der Waals surface area (Å²) in [5, 5.41) is 0.599. The summed E-state index contributed by atoms with van der Waals surface area (Å²) in [6.07, 6.45) is 1.31. The minimum absolute atomic E-state index is 0.107. The largest absolute Gasteiger partial charge is 0.338 e. The third-order valence-corrected chi connectivity index (χ3v) is 4.05. The fraction of sp³-hybridized carbons (Fsp3) is 0.417. The van der Waals surface area contributed by atoms with Crippen LogP contribution in [0.4, 0.5) is 0 Å². The lowest BCUT2D eigenvalue weighted by Crippen LogP contribution is -2.30. The van der Waals surface area contributed by atoms with E-state index >= 15 is 0 Å². The van der Waals surface area contributed by atoms with Gasteiger partial charge in [0.05, 0.1) is 0 Å². The summed E-state index contributed by atoms with van der Waals surface area (Å²) in [4.78, 5) is 14.1. The van der Waals surface area contributed by atoms with Gasteiger partial charge in [-0.2, -0.15) is 0 Å². The molecule has 0 aromatic heterocycles.